The second-order valence-electron chi connectivity index (χ2n) is 7.18. The lowest BCUT2D eigenvalue weighted by atomic mass is 9.95. The van der Waals surface area contributed by atoms with Gasteiger partial charge in [-0.05, 0) is 75.9 Å². The fourth-order valence-corrected chi connectivity index (χ4v) is 3.83. The molecule has 0 aromatic heterocycles. The molecule has 0 spiro atoms. The average molecular weight is 345 g/mol. The molecule has 0 unspecified atom stereocenters. The van der Waals surface area contributed by atoms with E-state index in [2.05, 4.69) is 10.2 Å². The van der Waals surface area contributed by atoms with E-state index in [1.807, 2.05) is 36.1 Å². The predicted octanol–water partition coefficient (Wildman–Crippen LogP) is 3.82. The molecule has 25 heavy (non-hydrogen) atoms. The maximum absolute atomic E-state index is 12.4. The number of piperidine rings is 2. The largest absolute Gasteiger partial charge is 0.494 e. The molecule has 1 N–H and O–H groups in total. The van der Waals surface area contributed by atoms with Gasteiger partial charge in [0.25, 0.3) is 0 Å². The van der Waals surface area contributed by atoms with Crippen LogP contribution in [0.3, 0.4) is 0 Å². The number of ether oxygens (including phenoxy) is 1. The van der Waals surface area contributed by atoms with Gasteiger partial charge in [-0.25, -0.2) is 4.79 Å². The minimum Gasteiger partial charge on any atom is -0.494 e. The molecule has 0 bridgehead atoms. The Morgan fingerprint density at radius 3 is 2.40 bits per heavy atom. The lowest BCUT2D eigenvalue weighted by Crippen LogP contribution is -2.44. The number of carbonyl (C=O) groups excluding carboxylic acids is 1. The first kappa shape index (κ1) is 18.1. The fraction of sp³-hybridized carbons (Fsp3) is 0.650. The van der Waals surface area contributed by atoms with Crippen LogP contribution in [-0.2, 0) is 0 Å². The molecule has 2 heterocycles. The van der Waals surface area contributed by atoms with Gasteiger partial charge >= 0.3 is 6.03 Å². The molecule has 2 aliphatic heterocycles. The van der Waals surface area contributed by atoms with E-state index in [-0.39, 0.29) is 6.03 Å². The molecule has 2 fully saturated rings. The highest BCUT2D eigenvalue weighted by Crippen LogP contribution is 2.22. The standard InChI is InChI=1S/C20H31N3O2/c1-2-25-19-8-6-18(7-9-19)21-20(24)23-14-10-17(11-15-23)16-22-12-4-3-5-13-22/h6-9,17H,2-5,10-16H2,1H3,(H,21,24). The molecule has 0 radical (unpaired) electrons. The quantitative estimate of drug-likeness (QED) is 0.882. The number of nitrogens with zero attached hydrogens (tertiary/aromatic N) is 2. The Kier molecular flexibility index (Phi) is 6.56. The van der Waals surface area contributed by atoms with Crippen molar-refractivity contribution in [3.63, 3.8) is 0 Å². The van der Waals surface area contributed by atoms with Crippen LogP contribution in [0.4, 0.5) is 10.5 Å². The summed E-state index contributed by atoms with van der Waals surface area (Å²) >= 11 is 0. The van der Waals surface area contributed by atoms with Crippen molar-refractivity contribution < 1.29 is 9.53 Å². The molecule has 2 amide bonds. The van der Waals surface area contributed by atoms with E-state index < -0.39 is 0 Å². The Bertz CT molecular complexity index is 532. The number of urea groups is 1. The van der Waals surface area contributed by atoms with Crippen LogP contribution in [0.15, 0.2) is 24.3 Å². The molecule has 3 rings (SSSR count). The highest BCUT2D eigenvalue weighted by molar-refractivity contribution is 5.89. The van der Waals surface area contributed by atoms with Gasteiger partial charge in [0.1, 0.15) is 5.75 Å². The average Bonchev–Trinajstić information content (AvgIpc) is 2.65. The van der Waals surface area contributed by atoms with E-state index in [9.17, 15) is 4.79 Å². The summed E-state index contributed by atoms with van der Waals surface area (Å²) in [5, 5.41) is 3.00. The minimum absolute atomic E-state index is 0.0144. The van der Waals surface area contributed by atoms with Crippen molar-refractivity contribution in [3.8, 4) is 5.75 Å². The molecule has 0 aliphatic carbocycles. The third-order valence-electron chi connectivity index (χ3n) is 5.28. The molecule has 5 nitrogen and oxygen atoms in total. The first-order chi connectivity index (χ1) is 12.2. The van der Waals surface area contributed by atoms with E-state index in [1.54, 1.807) is 0 Å². The SMILES string of the molecule is CCOc1ccc(NC(=O)N2CCC(CN3CCCCC3)CC2)cc1. The molecule has 1 aromatic rings. The van der Waals surface area contributed by atoms with Crippen molar-refractivity contribution in [2.24, 2.45) is 5.92 Å². The van der Waals surface area contributed by atoms with Gasteiger partial charge in [-0.3, -0.25) is 0 Å². The lowest BCUT2D eigenvalue weighted by Gasteiger charge is -2.36. The van der Waals surface area contributed by atoms with E-state index >= 15 is 0 Å². The third kappa shape index (κ3) is 5.36. The van der Waals surface area contributed by atoms with Crippen molar-refractivity contribution in [2.45, 2.75) is 39.0 Å². The van der Waals surface area contributed by atoms with Crippen molar-refractivity contribution >= 4 is 11.7 Å². The highest BCUT2D eigenvalue weighted by Gasteiger charge is 2.24. The number of anilines is 1. The number of benzene rings is 1. The number of nitrogens with one attached hydrogen (secondary N) is 1. The van der Waals surface area contributed by atoms with Crippen LogP contribution < -0.4 is 10.1 Å². The Morgan fingerprint density at radius 2 is 1.76 bits per heavy atom. The zero-order valence-electron chi connectivity index (χ0n) is 15.4. The number of likely N-dealkylation sites (tertiary alicyclic amines) is 2. The molecule has 0 saturated carbocycles. The number of amides is 2. The van der Waals surface area contributed by atoms with Crippen LogP contribution in [-0.4, -0.2) is 55.2 Å². The van der Waals surface area contributed by atoms with Gasteiger partial charge in [-0.1, -0.05) is 6.42 Å². The molecule has 0 atom stereocenters. The summed E-state index contributed by atoms with van der Waals surface area (Å²) in [6.45, 7) is 8.08. The zero-order valence-corrected chi connectivity index (χ0v) is 15.4. The monoisotopic (exact) mass is 345 g/mol. The molecule has 2 aliphatic rings. The number of carbonyl (C=O) groups is 1. The van der Waals surface area contributed by atoms with E-state index in [1.165, 1.54) is 38.9 Å². The van der Waals surface area contributed by atoms with Crippen LogP contribution >= 0.6 is 0 Å². The van der Waals surface area contributed by atoms with Crippen molar-refractivity contribution in [2.75, 3.05) is 44.6 Å². The van der Waals surface area contributed by atoms with Crippen LogP contribution in [0.2, 0.25) is 0 Å². The number of rotatable bonds is 5. The van der Waals surface area contributed by atoms with Gasteiger partial charge in [-0.2, -0.15) is 0 Å². The maximum atomic E-state index is 12.4. The lowest BCUT2D eigenvalue weighted by molar-refractivity contribution is 0.142. The molecule has 2 saturated heterocycles. The molecular weight excluding hydrogens is 314 g/mol. The van der Waals surface area contributed by atoms with Crippen LogP contribution in [0, 0.1) is 5.92 Å². The van der Waals surface area contributed by atoms with Gasteiger partial charge < -0.3 is 19.9 Å². The van der Waals surface area contributed by atoms with Gasteiger partial charge in [0.2, 0.25) is 0 Å². The summed E-state index contributed by atoms with van der Waals surface area (Å²) < 4.78 is 5.43. The van der Waals surface area contributed by atoms with Crippen LogP contribution in [0.1, 0.15) is 39.0 Å². The maximum Gasteiger partial charge on any atom is 0.321 e. The normalized spacial score (nSPS) is 19.6. The summed E-state index contributed by atoms with van der Waals surface area (Å²) in [4.78, 5) is 17.0. The third-order valence-corrected chi connectivity index (χ3v) is 5.28. The van der Waals surface area contributed by atoms with Crippen LogP contribution in [0.5, 0.6) is 5.75 Å². The second kappa shape index (κ2) is 9.09. The fourth-order valence-electron chi connectivity index (χ4n) is 3.83. The van der Waals surface area contributed by atoms with Gasteiger partial charge in [-0.15, -0.1) is 0 Å². The van der Waals surface area contributed by atoms with Gasteiger partial charge in [0.15, 0.2) is 0 Å². The Labute approximate surface area is 151 Å². The summed E-state index contributed by atoms with van der Waals surface area (Å²) in [7, 11) is 0. The van der Waals surface area contributed by atoms with Gasteiger partial charge in [0, 0.05) is 25.3 Å². The van der Waals surface area contributed by atoms with E-state index in [0.717, 1.165) is 43.3 Å². The highest BCUT2D eigenvalue weighted by atomic mass is 16.5. The molecular formula is C20H31N3O2. The van der Waals surface area contributed by atoms with Crippen molar-refractivity contribution in [1.29, 1.82) is 0 Å². The molecule has 1 aromatic carbocycles. The Hall–Kier alpha value is -1.75. The van der Waals surface area contributed by atoms with E-state index in [0.29, 0.717) is 6.61 Å². The first-order valence-corrected chi connectivity index (χ1v) is 9.75. The first-order valence-electron chi connectivity index (χ1n) is 9.75. The van der Waals surface area contributed by atoms with Gasteiger partial charge in [0.05, 0.1) is 6.61 Å². The van der Waals surface area contributed by atoms with E-state index in [4.69, 9.17) is 4.74 Å². The van der Waals surface area contributed by atoms with Crippen molar-refractivity contribution in [3.05, 3.63) is 24.3 Å². The number of hydrogen-bond acceptors (Lipinski definition) is 3. The zero-order chi connectivity index (χ0) is 17.5. The smallest absolute Gasteiger partial charge is 0.321 e. The Morgan fingerprint density at radius 1 is 1.08 bits per heavy atom. The minimum atomic E-state index is 0.0144. The summed E-state index contributed by atoms with van der Waals surface area (Å²) in [6.07, 6.45) is 6.33. The van der Waals surface area contributed by atoms with Crippen molar-refractivity contribution in [1.82, 2.24) is 9.80 Å². The summed E-state index contributed by atoms with van der Waals surface area (Å²) in [6, 6.07) is 7.59. The van der Waals surface area contributed by atoms with Crippen LogP contribution in [0.25, 0.3) is 0 Å². The topological polar surface area (TPSA) is 44.8 Å². The second-order valence-corrected chi connectivity index (χ2v) is 7.18. The number of hydrogen-bond donors (Lipinski definition) is 1. The summed E-state index contributed by atoms with van der Waals surface area (Å²) in [5.74, 6) is 1.58. The summed E-state index contributed by atoms with van der Waals surface area (Å²) in [5.41, 5.74) is 0.823. The predicted molar refractivity (Wildman–Crippen MR) is 101 cm³/mol. The Balaban J connectivity index is 1.41. The molecule has 138 valence electrons. The molecule has 5 heteroatoms.